The van der Waals surface area contributed by atoms with Crippen LogP contribution in [0.4, 0.5) is 0 Å². The number of halogens is 1. The Morgan fingerprint density at radius 2 is 1.67 bits per heavy atom. The number of aliphatic imine (C=N–C) groups is 1. The van der Waals surface area contributed by atoms with Crippen molar-refractivity contribution in [3.05, 3.63) is 94.4 Å². The van der Waals surface area contributed by atoms with Crippen LogP contribution in [-0.2, 0) is 5.41 Å². The number of nitrogens with one attached hydrogen (secondary N) is 3. The number of allylic oxidation sites excluding steroid dienone is 4. The van der Waals surface area contributed by atoms with Crippen molar-refractivity contribution in [3.63, 3.8) is 0 Å². The van der Waals surface area contributed by atoms with E-state index in [2.05, 4.69) is 80.7 Å². The summed E-state index contributed by atoms with van der Waals surface area (Å²) in [6.07, 6.45) is 12.8. The van der Waals surface area contributed by atoms with Gasteiger partial charge in [-0.2, -0.15) is 0 Å². The van der Waals surface area contributed by atoms with Gasteiger partial charge >= 0.3 is 0 Å². The predicted octanol–water partition coefficient (Wildman–Crippen LogP) is 7.66. The van der Waals surface area contributed by atoms with Crippen molar-refractivity contribution in [2.45, 2.75) is 64.2 Å². The van der Waals surface area contributed by atoms with E-state index in [0.717, 1.165) is 47.5 Å². The quantitative estimate of drug-likeness (QED) is 0.116. The van der Waals surface area contributed by atoms with Crippen LogP contribution in [0.5, 0.6) is 5.75 Å². The highest BCUT2D eigenvalue weighted by atomic mass is 79.9. The van der Waals surface area contributed by atoms with Gasteiger partial charge in [0.2, 0.25) is 0 Å². The van der Waals surface area contributed by atoms with Crippen molar-refractivity contribution in [3.8, 4) is 5.75 Å². The molecule has 3 rings (SSSR count). The Balaban J connectivity index is 0.000000338. The molecule has 1 aliphatic rings. The molecule has 0 aliphatic heterocycles. The predicted molar refractivity (Wildman–Crippen MR) is 172 cm³/mol. The van der Waals surface area contributed by atoms with E-state index in [9.17, 15) is 5.11 Å². The summed E-state index contributed by atoms with van der Waals surface area (Å²) in [6.45, 7) is 10.3. The first-order valence-electron chi connectivity index (χ1n) is 14.0. The maximum absolute atomic E-state index is 10.0. The van der Waals surface area contributed by atoms with Crippen LogP contribution in [0.3, 0.4) is 0 Å². The zero-order valence-corrected chi connectivity index (χ0v) is 25.8. The highest BCUT2D eigenvalue weighted by Crippen LogP contribution is 2.38. The molecule has 5 nitrogen and oxygen atoms in total. The molecule has 0 spiro atoms. The van der Waals surface area contributed by atoms with Crippen molar-refractivity contribution < 1.29 is 5.11 Å². The Hall–Kier alpha value is -2.83. The van der Waals surface area contributed by atoms with E-state index in [-0.39, 0.29) is 5.75 Å². The molecule has 1 saturated carbocycles. The molecular formula is C33H47BrN4O. The Kier molecular flexibility index (Phi) is 14.7. The molecular weight excluding hydrogens is 548 g/mol. The van der Waals surface area contributed by atoms with Crippen LogP contribution in [0.2, 0.25) is 0 Å². The summed E-state index contributed by atoms with van der Waals surface area (Å²) in [6, 6.07) is 18.2. The molecule has 39 heavy (non-hydrogen) atoms. The zero-order valence-electron chi connectivity index (χ0n) is 24.2. The van der Waals surface area contributed by atoms with Crippen molar-refractivity contribution in [2.75, 3.05) is 27.2 Å². The van der Waals surface area contributed by atoms with E-state index in [1.165, 1.54) is 37.7 Å². The topological polar surface area (TPSA) is 68.7 Å². The largest absolute Gasteiger partial charge is 0.507 e. The van der Waals surface area contributed by atoms with Gasteiger partial charge in [0.1, 0.15) is 11.6 Å². The maximum Gasteiger partial charge on any atom is 0.123 e. The fraction of sp³-hybridized carbons (Fsp3) is 0.424. The van der Waals surface area contributed by atoms with Crippen LogP contribution in [0.25, 0.3) is 5.57 Å². The number of phenolic OH excluding ortho intramolecular Hbond substituents is 1. The highest BCUT2D eigenvalue weighted by Gasteiger charge is 2.28. The van der Waals surface area contributed by atoms with Crippen LogP contribution >= 0.6 is 15.9 Å². The number of rotatable bonds is 12. The third-order valence-electron chi connectivity index (χ3n) is 7.09. The fourth-order valence-electron chi connectivity index (χ4n) is 4.71. The minimum atomic E-state index is 0.216. The average Bonchev–Trinajstić information content (AvgIpc) is 2.94. The number of benzene rings is 2. The molecule has 0 atom stereocenters. The standard InChI is InChI=1S/C20H29BrN4O.C13H18/c1-15(17-9-5-6-10-19(17)26)13-20(24-12-8-7-11-22-3)25-16(2)18(21)14-23-4;1-13(10-6-3-7-11-13)12-8-4-2-5-9-12/h5-6,9-10,13-14,22,24-26H,1,7-8,11-12H2,2-4H3;2,4-5,8-9H,3,6-7,10-11H2,1H3/b18-16+,20-13-,23-14?;. The van der Waals surface area contributed by atoms with Crippen molar-refractivity contribution in [1.29, 1.82) is 0 Å². The van der Waals surface area contributed by atoms with E-state index in [0.29, 0.717) is 11.0 Å². The minimum Gasteiger partial charge on any atom is -0.507 e. The van der Waals surface area contributed by atoms with Gasteiger partial charge in [-0.1, -0.05) is 81.3 Å². The summed E-state index contributed by atoms with van der Waals surface area (Å²) in [4.78, 5) is 4.01. The fourth-order valence-corrected chi connectivity index (χ4v) is 5.02. The molecule has 0 amide bonds. The number of hydrogen-bond acceptors (Lipinski definition) is 5. The van der Waals surface area contributed by atoms with Gasteiger partial charge in [-0.05, 0) is 90.8 Å². The normalized spacial score (nSPS) is 15.7. The molecule has 0 bridgehead atoms. The monoisotopic (exact) mass is 594 g/mol. The highest BCUT2D eigenvalue weighted by molar-refractivity contribution is 9.12. The van der Waals surface area contributed by atoms with Crippen LogP contribution in [-0.4, -0.2) is 38.5 Å². The van der Waals surface area contributed by atoms with Gasteiger partial charge in [0, 0.05) is 31.1 Å². The van der Waals surface area contributed by atoms with E-state index >= 15 is 0 Å². The van der Waals surface area contributed by atoms with E-state index < -0.39 is 0 Å². The van der Waals surface area contributed by atoms with Gasteiger partial charge in [-0.3, -0.25) is 4.99 Å². The summed E-state index contributed by atoms with van der Waals surface area (Å²) in [5.41, 5.74) is 4.37. The Bertz CT molecular complexity index is 1100. The molecule has 0 saturated heterocycles. The molecule has 4 N–H and O–H groups in total. The van der Waals surface area contributed by atoms with Gasteiger partial charge in [0.15, 0.2) is 0 Å². The van der Waals surface area contributed by atoms with Crippen LogP contribution < -0.4 is 16.0 Å². The summed E-state index contributed by atoms with van der Waals surface area (Å²) in [5.74, 6) is 1.04. The zero-order chi connectivity index (χ0) is 28.5. The number of para-hydroxylation sites is 1. The number of phenols is 1. The van der Waals surface area contributed by atoms with Crippen molar-refractivity contribution in [2.24, 2.45) is 4.99 Å². The van der Waals surface area contributed by atoms with E-state index in [1.807, 2.05) is 32.2 Å². The van der Waals surface area contributed by atoms with Crippen molar-refractivity contribution >= 4 is 27.7 Å². The lowest BCUT2D eigenvalue weighted by molar-refractivity contribution is 0.319. The maximum atomic E-state index is 10.0. The second-order valence-corrected chi connectivity index (χ2v) is 11.2. The lowest BCUT2D eigenvalue weighted by Gasteiger charge is -2.34. The minimum absolute atomic E-state index is 0.216. The third-order valence-corrected chi connectivity index (χ3v) is 7.89. The molecule has 0 heterocycles. The molecule has 2 aromatic rings. The van der Waals surface area contributed by atoms with Gasteiger partial charge in [0.25, 0.3) is 0 Å². The van der Waals surface area contributed by atoms with Crippen LogP contribution in [0.15, 0.2) is 88.2 Å². The first-order chi connectivity index (χ1) is 18.8. The SMILES string of the molecule is C=C(/C=C(/NCCCCNC)N/C(C)=C(/Br)C=NC)c1ccccc1O.CC1(c2ccccc2)CCCCC1. The molecule has 0 unspecified atom stereocenters. The Labute approximate surface area is 244 Å². The first kappa shape index (κ1) is 32.4. The summed E-state index contributed by atoms with van der Waals surface area (Å²) in [5, 5.41) is 19.9. The smallest absolute Gasteiger partial charge is 0.123 e. The lowest BCUT2D eigenvalue weighted by Crippen LogP contribution is -2.27. The molecule has 212 valence electrons. The van der Waals surface area contributed by atoms with Gasteiger partial charge in [-0.15, -0.1) is 0 Å². The number of nitrogens with zero attached hydrogens (tertiary/aromatic N) is 1. The molecule has 2 aromatic carbocycles. The third kappa shape index (κ3) is 11.4. The Morgan fingerprint density at radius 3 is 2.31 bits per heavy atom. The summed E-state index contributed by atoms with van der Waals surface area (Å²) in [7, 11) is 3.68. The van der Waals surface area contributed by atoms with Gasteiger partial charge in [0.05, 0.1) is 4.48 Å². The first-order valence-corrected chi connectivity index (χ1v) is 14.8. The summed E-state index contributed by atoms with van der Waals surface area (Å²) < 4.78 is 0.871. The molecule has 0 radical (unpaired) electrons. The molecule has 0 aromatic heterocycles. The number of unbranched alkanes of at least 4 members (excludes halogenated alkanes) is 1. The van der Waals surface area contributed by atoms with Crippen molar-refractivity contribution in [1.82, 2.24) is 16.0 Å². The van der Waals surface area contributed by atoms with Crippen LogP contribution in [0, 0.1) is 0 Å². The Morgan fingerprint density at radius 1 is 1.03 bits per heavy atom. The van der Waals surface area contributed by atoms with Gasteiger partial charge in [-0.25, -0.2) is 0 Å². The van der Waals surface area contributed by atoms with E-state index in [1.54, 1.807) is 25.4 Å². The molecule has 1 aliphatic carbocycles. The second-order valence-electron chi connectivity index (χ2n) is 10.3. The molecule has 6 heteroatoms. The van der Waals surface area contributed by atoms with Gasteiger partial charge < -0.3 is 21.1 Å². The number of hydrogen-bond donors (Lipinski definition) is 4. The number of aromatic hydroxyl groups is 1. The van der Waals surface area contributed by atoms with E-state index in [4.69, 9.17) is 0 Å². The molecule has 1 fully saturated rings. The average molecular weight is 596 g/mol. The lowest BCUT2D eigenvalue weighted by atomic mass is 9.71. The summed E-state index contributed by atoms with van der Waals surface area (Å²) >= 11 is 3.50. The second kappa shape index (κ2) is 17.7. The van der Waals surface area contributed by atoms with Crippen LogP contribution in [0.1, 0.15) is 69.9 Å².